The van der Waals surface area contributed by atoms with Crippen LogP contribution < -0.4 is 9.47 Å². The average molecular weight is 293 g/mol. The third-order valence-corrected chi connectivity index (χ3v) is 2.75. The van der Waals surface area contributed by atoms with Gasteiger partial charge in [0.15, 0.2) is 11.5 Å². The normalized spacial score (nSPS) is 14.0. The molecule has 1 aromatic carbocycles. The molecule has 3 nitrogen and oxygen atoms in total. The fourth-order valence-electron chi connectivity index (χ4n) is 1.37. The number of ether oxygens (including phenoxy) is 2. The number of carbonyl (C=O) groups excluding carboxylic acids is 1. The van der Waals surface area contributed by atoms with Crippen molar-refractivity contribution in [3.8, 4) is 11.5 Å². The third-order valence-electron chi connectivity index (χ3n) is 2.10. The van der Waals surface area contributed by atoms with E-state index in [1.165, 1.54) is 12.1 Å². The van der Waals surface area contributed by atoms with E-state index in [0.717, 1.165) is 0 Å². The Hall–Kier alpha value is -1.17. The van der Waals surface area contributed by atoms with Crippen molar-refractivity contribution < 1.29 is 23.0 Å². The van der Waals surface area contributed by atoms with Crippen LogP contribution in [0.1, 0.15) is 10.4 Å². The summed E-state index contributed by atoms with van der Waals surface area (Å²) >= 11 is 3.05. The van der Waals surface area contributed by atoms with E-state index >= 15 is 0 Å². The van der Waals surface area contributed by atoms with E-state index in [1.54, 1.807) is 0 Å². The molecule has 1 aliphatic rings. The van der Waals surface area contributed by atoms with Crippen LogP contribution in [0.2, 0.25) is 0 Å². The van der Waals surface area contributed by atoms with Gasteiger partial charge < -0.3 is 9.47 Å². The predicted molar refractivity (Wildman–Crippen MR) is 55.5 cm³/mol. The van der Waals surface area contributed by atoms with E-state index in [1.807, 2.05) is 0 Å². The Morgan fingerprint density at radius 3 is 2.38 bits per heavy atom. The molecule has 0 amide bonds. The molecule has 0 saturated heterocycles. The summed E-state index contributed by atoms with van der Waals surface area (Å²) in [5.41, 5.74) is -0.0979. The number of halogens is 3. The van der Waals surface area contributed by atoms with E-state index < -0.39 is 12.2 Å². The smallest absolute Gasteiger partial charge is 0.300 e. The van der Waals surface area contributed by atoms with Gasteiger partial charge in [0, 0.05) is 10.0 Å². The van der Waals surface area contributed by atoms with Gasteiger partial charge in [-0.15, -0.1) is 0 Å². The maximum Gasteiger partial charge on any atom is 0.300 e. The molecule has 0 atom stereocenters. The Kier molecular flexibility index (Phi) is 3.09. The highest BCUT2D eigenvalue weighted by Crippen LogP contribution is 2.36. The lowest BCUT2D eigenvalue weighted by atomic mass is 10.1. The number of hydrogen-bond acceptors (Lipinski definition) is 3. The molecule has 2 rings (SSSR count). The van der Waals surface area contributed by atoms with Crippen LogP contribution in [0.5, 0.6) is 11.5 Å². The SMILES string of the molecule is O=C(c1cc2c(cc1Br)OCCO2)C(F)F. The van der Waals surface area contributed by atoms with Gasteiger partial charge >= 0.3 is 6.43 Å². The summed E-state index contributed by atoms with van der Waals surface area (Å²) in [6.45, 7) is 0.749. The molecule has 0 bridgehead atoms. The van der Waals surface area contributed by atoms with Crippen molar-refractivity contribution in [2.24, 2.45) is 0 Å². The first kappa shape index (κ1) is 11.3. The van der Waals surface area contributed by atoms with Gasteiger partial charge in [-0.2, -0.15) is 0 Å². The minimum atomic E-state index is -3.03. The quantitative estimate of drug-likeness (QED) is 0.786. The highest BCUT2D eigenvalue weighted by molar-refractivity contribution is 9.10. The number of rotatable bonds is 2. The Labute approximate surface area is 98.5 Å². The highest BCUT2D eigenvalue weighted by Gasteiger charge is 2.24. The van der Waals surface area contributed by atoms with Gasteiger partial charge in [0.1, 0.15) is 13.2 Å². The predicted octanol–water partition coefficient (Wildman–Crippen LogP) is 2.67. The molecule has 6 heteroatoms. The lowest BCUT2D eigenvalue weighted by molar-refractivity contribution is 0.0677. The topological polar surface area (TPSA) is 35.5 Å². The largest absolute Gasteiger partial charge is 0.486 e. The van der Waals surface area contributed by atoms with Crippen molar-refractivity contribution in [3.05, 3.63) is 22.2 Å². The highest BCUT2D eigenvalue weighted by atomic mass is 79.9. The monoisotopic (exact) mass is 292 g/mol. The number of carbonyl (C=O) groups is 1. The number of ketones is 1. The van der Waals surface area contributed by atoms with E-state index in [4.69, 9.17) is 9.47 Å². The molecule has 0 unspecified atom stereocenters. The lowest BCUT2D eigenvalue weighted by Gasteiger charge is -2.19. The van der Waals surface area contributed by atoms with Gasteiger partial charge in [-0.25, -0.2) is 8.78 Å². The van der Waals surface area contributed by atoms with E-state index in [9.17, 15) is 13.6 Å². The summed E-state index contributed by atoms with van der Waals surface area (Å²) in [5, 5.41) is 0. The maximum absolute atomic E-state index is 12.3. The fraction of sp³-hybridized carbons (Fsp3) is 0.300. The Morgan fingerprint density at radius 2 is 1.81 bits per heavy atom. The Morgan fingerprint density at radius 1 is 1.25 bits per heavy atom. The van der Waals surface area contributed by atoms with Gasteiger partial charge in [-0.1, -0.05) is 0 Å². The minimum absolute atomic E-state index is 0.0979. The molecule has 86 valence electrons. The molecular weight excluding hydrogens is 286 g/mol. The second-order valence-corrected chi connectivity index (χ2v) is 3.99. The van der Waals surface area contributed by atoms with Gasteiger partial charge in [-0.3, -0.25) is 4.79 Å². The van der Waals surface area contributed by atoms with Crippen LogP contribution in [0.25, 0.3) is 0 Å². The number of Topliss-reactive ketones (excluding diaryl/α,β-unsaturated/α-hetero) is 1. The van der Waals surface area contributed by atoms with Crippen LogP contribution in [0.15, 0.2) is 16.6 Å². The summed E-state index contributed by atoms with van der Waals surface area (Å²) in [6, 6.07) is 2.73. The fourth-order valence-corrected chi connectivity index (χ4v) is 1.89. The molecular formula is C10H7BrF2O3. The molecule has 0 aliphatic carbocycles. The average Bonchev–Trinajstić information content (AvgIpc) is 2.27. The van der Waals surface area contributed by atoms with Gasteiger partial charge in [0.2, 0.25) is 5.78 Å². The summed E-state index contributed by atoms with van der Waals surface area (Å²) in [4.78, 5) is 11.2. The summed E-state index contributed by atoms with van der Waals surface area (Å²) in [7, 11) is 0. The van der Waals surface area contributed by atoms with E-state index in [0.29, 0.717) is 24.7 Å². The molecule has 0 radical (unpaired) electrons. The second kappa shape index (κ2) is 4.37. The Balaban J connectivity index is 2.43. The summed E-state index contributed by atoms with van der Waals surface area (Å²) in [6.07, 6.45) is -3.03. The number of benzene rings is 1. The van der Waals surface area contributed by atoms with Crippen molar-refractivity contribution in [2.45, 2.75) is 6.43 Å². The standard InChI is InChI=1S/C10H7BrF2O3/c11-6-4-8-7(15-1-2-16-8)3-5(6)9(14)10(12)13/h3-4,10H,1-2H2. The molecule has 0 N–H and O–H groups in total. The summed E-state index contributed by atoms with van der Waals surface area (Å²) < 4.78 is 35.3. The number of fused-ring (bicyclic) bond motifs is 1. The van der Waals surface area contributed by atoms with Crippen molar-refractivity contribution in [2.75, 3.05) is 13.2 Å². The van der Waals surface area contributed by atoms with Crippen LogP contribution in [0, 0.1) is 0 Å². The molecule has 1 aliphatic heterocycles. The molecule has 0 saturated carbocycles. The van der Waals surface area contributed by atoms with Crippen LogP contribution in [0.3, 0.4) is 0 Å². The lowest BCUT2D eigenvalue weighted by Crippen LogP contribution is -2.17. The minimum Gasteiger partial charge on any atom is -0.486 e. The first-order chi connectivity index (χ1) is 7.59. The van der Waals surface area contributed by atoms with Gasteiger partial charge in [0.05, 0.1) is 0 Å². The van der Waals surface area contributed by atoms with Crippen molar-refractivity contribution in [1.82, 2.24) is 0 Å². The first-order valence-electron chi connectivity index (χ1n) is 4.51. The second-order valence-electron chi connectivity index (χ2n) is 3.14. The zero-order valence-electron chi connectivity index (χ0n) is 8.00. The number of hydrogen-bond donors (Lipinski definition) is 0. The van der Waals surface area contributed by atoms with Crippen LogP contribution >= 0.6 is 15.9 Å². The Bertz CT molecular complexity index is 434. The molecule has 1 aromatic rings. The van der Waals surface area contributed by atoms with Crippen molar-refractivity contribution in [3.63, 3.8) is 0 Å². The first-order valence-corrected chi connectivity index (χ1v) is 5.30. The van der Waals surface area contributed by atoms with Gasteiger partial charge in [0.25, 0.3) is 0 Å². The van der Waals surface area contributed by atoms with Crippen molar-refractivity contribution in [1.29, 1.82) is 0 Å². The van der Waals surface area contributed by atoms with E-state index in [2.05, 4.69) is 15.9 Å². The van der Waals surface area contributed by atoms with Gasteiger partial charge in [-0.05, 0) is 28.1 Å². The molecule has 1 heterocycles. The van der Waals surface area contributed by atoms with Crippen LogP contribution in [-0.4, -0.2) is 25.4 Å². The maximum atomic E-state index is 12.3. The summed E-state index contributed by atoms with van der Waals surface area (Å²) in [5.74, 6) is -0.466. The molecule has 0 fully saturated rings. The molecule has 16 heavy (non-hydrogen) atoms. The number of alkyl halides is 2. The molecule has 0 spiro atoms. The molecule has 0 aromatic heterocycles. The zero-order chi connectivity index (χ0) is 11.7. The van der Waals surface area contributed by atoms with Crippen LogP contribution in [0.4, 0.5) is 8.78 Å². The van der Waals surface area contributed by atoms with Crippen molar-refractivity contribution >= 4 is 21.7 Å². The van der Waals surface area contributed by atoms with Crippen LogP contribution in [-0.2, 0) is 0 Å². The van der Waals surface area contributed by atoms with E-state index in [-0.39, 0.29) is 10.0 Å². The third kappa shape index (κ3) is 2.02. The zero-order valence-corrected chi connectivity index (χ0v) is 9.59.